The zero-order valence-electron chi connectivity index (χ0n) is 7.05. The number of rotatable bonds is 8. The molecule has 0 heterocycles. The average Bonchev–Trinajstić information content (AvgIpc) is 2.08. The second-order valence-corrected chi connectivity index (χ2v) is 2.00. The van der Waals surface area contributed by atoms with Crippen LogP contribution in [-0.2, 0) is 14.5 Å². The van der Waals surface area contributed by atoms with Crippen molar-refractivity contribution in [1.29, 1.82) is 0 Å². The molecule has 0 fully saturated rings. The van der Waals surface area contributed by atoms with Gasteiger partial charge in [0.25, 0.3) is 10.2 Å². The van der Waals surface area contributed by atoms with Gasteiger partial charge in [-0.3, -0.25) is 0 Å². The quantitative estimate of drug-likeness (QED) is 0.401. The smallest absolute Gasteiger partial charge is 0.311 e. The SMILES string of the molecule is O=[N+]([O-])OCC(CO[N+](=O)O)O[N+](=O)[O-]. The van der Waals surface area contributed by atoms with Crippen molar-refractivity contribution in [1.82, 2.24) is 0 Å². The van der Waals surface area contributed by atoms with E-state index in [0.717, 1.165) is 0 Å². The minimum atomic E-state index is -1.51. The van der Waals surface area contributed by atoms with E-state index in [4.69, 9.17) is 5.21 Å². The summed E-state index contributed by atoms with van der Waals surface area (Å²) in [4.78, 5) is 40.8. The number of hydrogen-bond acceptors (Lipinski definition) is 8. The van der Waals surface area contributed by atoms with Crippen LogP contribution in [0.4, 0.5) is 0 Å². The Balaban J connectivity index is 3.99. The van der Waals surface area contributed by atoms with Crippen LogP contribution in [0.25, 0.3) is 0 Å². The highest BCUT2D eigenvalue weighted by Gasteiger charge is 2.21. The fourth-order valence-electron chi connectivity index (χ4n) is 0.522. The predicted molar refractivity (Wildman–Crippen MR) is 36.2 cm³/mol. The van der Waals surface area contributed by atoms with Gasteiger partial charge in [-0.1, -0.05) is 0 Å². The predicted octanol–water partition coefficient (Wildman–Crippen LogP) is -1.13. The minimum absolute atomic E-state index is 0.783. The molecular formula is C3H6N3O9+. The van der Waals surface area contributed by atoms with Crippen LogP contribution in [0.15, 0.2) is 0 Å². The third-order valence-corrected chi connectivity index (χ3v) is 0.972. The Bertz CT molecular complexity index is 235. The lowest BCUT2D eigenvalue weighted by Crippen LogP contribution is -2.30. The molecule has 0 amide bonds. The van der Waals surface area contributed by atoms with Crippen molar-refractivity contribution in [3.05, 3.63) is 25.1 Å². The van der Waals surface area contributed by atoms with Crippen molar-refractivity contribution in [2.45, 2.75) is 6.10 Å². The van der Waals surface area contributed by atoms with E-state index in [1.54, 1.807) is 0 Å². The topological polar surface area (TPSA) is 154 Å². The molecule has 1 atom stereocenters. The van der Waals surface area contributed by atoms with Crippen molar-refractivity contribution in [3.63, 3.8) is 0 Å². The molecule has 0 aromatic rings. The molecule has 1 N–H and O–H groups in total. The van der Waals surface area contributed by atoms with E-state index in [1.807, 2.05) is 0 Å². The Morgan fingerprint density at radius 2 is 1.60 bits per heavy atom. The maximum atomic E-state index is 9.85. The Labute approximate surface area is 80.6 Å². The fourth-order valence-corrected chi connectivity index (χ4v) is 0.522. The monoisotopic (exact) mass is 228 g/mol. The van der Waals surface area contributed by atoms with E-state index >= 15 is 0 Å². The van der Waals surface area contributed by atoms with Crippen molar-refractivity contribution in [3.8, 4) is 0 Å². The molecule has 0 aliphatic carbocycles. The molecule has 0 saturated carbocycles. The summed E-state index contributed by atoms with van der Waals surface area (Å²) in [7, 11) is 0. The van der Waals surface area contributed by atoms with Gasteiger partial charge in [0.1, 0.15) is 11.5 Å². The highest BCUT2D eigenvalue weighted by Crippen LogP contribution is 1.95. The van der Waals surface area contributed by atoms with Gasteiger partial charge in [0.2, 0.25) is 0 Å². The molecule has 0 aliphatic heterocycles. The lowest BCUT2D eigenvalue weighted by Gasteiger charge is -2.08. The van der Waals surface area contributed by atoms with Crippen LogP contribution >= 0.6 is 0 Å². The number of hydrogen-bond donors (Lipinski definition) is 1. The van der Waals surface area contributed by atoms with Gasteiger partial charge < -0.3 is 9.68 Å². The van der Waals surface area contributed by atoms with Crippen LogP contribution < -0.4 is 0 Å². The van der Waals surface area contributed by atoms with E-state index in [0.29, 0.717) is 0 Å². The summed E-state index contributed by atoms with van der Waals surface area (Å²) in [6.07, 6.45) is -1.51. The van der Waals surface area contributed by atoms with Gasteiger partial charge in [-0.15, -0.1) is 20.2 Å². The lowest BCUT2D eigenvalue weighted by molar-refractivity contribution is -0.977. The zero-order chi connectivity index (χ0) is 11.8. The van der Waals surface area contributed by atoms with Crippen LogP contribution in [0.5, 0.6) is 0 Å². The standard InChI is InChI=1S/C3H6N3O9/c7-4(8)13-1-3(15-6(11)12)2-14-5(9)10/h3H,1-2H2,(H,7,8)/q+1. The van der Waals surface area contributed by atoms with Crippen LogP contribution in [0, 0.1) is 25.1 Å². The lowest BCUT2D eigenvalue weighted by atomic mass is 10.4. The molecule has 0 aliphatic rings. The van der Waals surface area contributed by atoms with Crippen molar-refractivity contribution in [2.75, 3.05) is 13.2 Å². The summed E-state index contributed by atoms with van der Waals surface area (Å²) in [5.41, 5.74) is 0. The third-order valence-electron chi connectivity index (χ3n) is 0.972. The molecule has 0 rings (SSSR count). The summed E-state index contributed by atoms with van der Waals surface area (Å²) in [6.45, 7) is -1.60. The first-order valence-corrected chi connectivity index (χ1v) is 3.29. The molecule has 15 heavy (non-hydrogen) atoms. The maximum Gasteiger partial charge on any atom is 0.475 e. The molecule has 0 radical (unpaired) electrons. The normalized spacial score (nSPS) is 11.2. The first-order chi connectivity index (χ1) is 6.91. The van der Waals surface area contributed by atoms with Gasteiger partial charge in [-0.2, -0.15) is 4.84 Å². The van der Waals surface area contributed by atoms with Gasteiger partial charge in [-0.05, 0) is 0 Å². The summed E-state index contributed by atoms with van der Waals surface area (Å²) in [5, 5.41) is 24.1. The molecule has 86 valence electrons. The van der Waals surface area contributed by atoms with E-state index in [-0.39, 0.29) is 0 Å². The average molecular weight is 228 g/mol. The van der Waals surface area contributed by atoms with Gasteiger partial charge in [0.05, 0.1) is 0 Å². The van der Waals surface area contributed by atoms with Crippen molar-refractivity contribution in [2.24, 2.45) is 0 Å². The zero-order valence-corrected chi connectivity index (χ0v) is 7.05. The maximum absolute atomic E-state index is 9.85. The van der Waals surface area contributed by atoms with Gasteiger partial charge in [0, 0.05) is 0 Å². The highest BCUT2D eigenvalue weighted by molar-refractivity contribution is 4.49. The van der Waals surface area contributed by atoms with Crippen molar-refractivity contribution < 1.29 is 35.0 Å². The summed E-state index contributed by atoms with van der Waals surface area (Å²) in [6, 6.07) is 0. The third kappa shape index (κ3) is 7.94. The van der Waals surface area contributed by atoms with E-state index in [1.165, 1.54) is 0 Å². The molecule has 0 spiro atoms. The molecule has 0 aromatic heterocycles. The molecule has 0 aromatic carbocycles. The van der Waals surface area contributed by atoms with Crippen molar-refractivity contribution >= 4 is 0 Å². The van der Waals surface area contributed by atoms with Crippen LogP contribution in [0.1, 0.15) is 0 Å². The molecule has 12 nitrogen and oxygen atoms in total. The molecule has 0 bridgehead atoms. The fraction of sp³-hybridized carbons (Fsp3) is 1.00. The Hall–Kier alpha value is -2.40. The second kappa shape index (κ2) is 6.11. The van der Waals surface area contributed by atoms with E-state index < -0.39 is 34.6 Å². The molecule has 0 saturated heterocycles. The molecule has 12 heteroatoms. The summed E-state index contributed by atoms with van der Waals surface area (Å²) >= 11 is 0. The molecular weight excluding hydrogens is 222 g/mol. The Morgan fingerprint density at radius 3 is 2.00 bits per heavy atom. The van der Waals surface area contributed by atoms with Gasteiger partial charge in [0.15, 0.2) is 12.7 Å². The Kier molecular flexibility index (Phi) is 5.14. The highest BCUT2D eigenvalue weighted by atomic mass is 17.0. The van der Waals surface area contributed by atoms with E-state index in [2.05, 4.69) is 14.5 Å². The largest absolute Gasteiger partial charge is 0.475 e. The van der Waals surface area contributed by atoms with Crippen LogP contribution in [-0.4, -0.2) is 39.8 Å². The van der Waals surface area contributed by atoms with Crippen LogP contribution in [0.3, 0.4) is 0 Å². The first kappa shape index (κ1) is 12.6. The van der Waals surface area contributed by atoms with Gasteiger partial charge in [-0.25, -0.2) is 5.21 Å². The minimum Gasteiger partial charge on any atom is -0.311 e. The van der Waals surface area contributed by atoms with Crippen LogP contribution in [0.2, 0.25) is 0 Å². The summed E-state index contributed by atoms with van der Waals surface area (Å²) < 4.78 is 0. The van der Waals surface area contributed by atoms with E-state index in [9.17, 15) is 25.1 Å². The molecule has 1 unspecified atom stereocenters. The second-order valence-electron chi connectivity index (χ2n) is 2.00. The summed E-state index contributed by atoms with van der Waals surface area (Å²) in [5.74, 6) is 0. The number of nitrogens with zero attached hydrogens (tertiary/aromatic N) is 3. The van der Waals surface area contributed by atoms with Gasteiger partial charge >= 0.3 is 5.09 Å². The first-order valence-electron chi connectivity index (χ1n) is 3.29. The Morgan fingerprint density at radius 1 is 1.07 bits per heavy atom.